The monoisotopic (exact) mass is 519 g/mol. The van der Waals surface area contributed by atoms with Crippen molar-refractivity contribution in [3.63, 3.8) is 0 Å². The van der Waals surface area contributed by atoms with Gasteiger partial charge in [-0.25, -0.2) is 9.37 Å². The van der Waals surface area contributed by atoms with Gasteiger partial charge in [0.15, 0.2) is 11.9 Å². The highest BCUT2D eigenvalue weighted by Gasteiger charge is 2.34. The van der Waals surface area contributed by atoms with Gasteiger partial charge in [0.05, 0.1) is 24.7 Å². The number of hydrogen-bond acceptors (Lipinski definition) is 5. The molecule has 0 aliphatic carbocycles. The summed E-state index contributed by atoms with van der Waals surface area (Å²) in [5, 5.41) is 0. The Morgan fingerprint density at radius 2 is 1.94 bits per heavy atom. The van der Waals surface area contributed by atoms with Gasteiger partial charge >= 0.3 is 6.36 Å². The highest BCUT2D eigenvalue weighted by Crippen LogP contribution is 2.27. The molecular weight excluding hydrogens is 502 g/mol. The third kappa shape index (κ3) is 6.31. The number of nitrogens with zero attached hydrogens (tertiary/aromatic N) is 2. The van der Waals surface area contributed by atoms with E-state index in [-0.39, 0.29) is 43.2 Å². The second-order valence-corrected chi connectivity index (χ2v) is 7.85. The minimum absolute atomic E-state index is 0.0503. The maximum absolute atomic E-state index is 14.7. The Kier molecular flexibility index (Phi) is 7.22. The molecule has 0 radical (unpaired) electrons. The summed E-state index contributed by atoms with van der Waals surface area (Å²) in [6.45, 7) is -0.0241. The Morgan fingerprint density at radius 3 is 2.53 bits per heavy atom. The normalized spacial score (nSPS) is 18.8. The first kappa shape index (κ1) is 23.8. The molecule has 1 aromatic heterocycles. The summed E-state index contributed by atoms with van der Waals surface area (Å²) < 4.78 is 61.2. The predicted octanol–water partition coefficient (Wildman–Crippen LogP) is 3.40. The van der Waals surface area contributed by atoms with Crippen molar-refractivity contribution in [1.29, 1.82) is 0 Å². The molecule has 1 aliphatic heterocycles. The average molecular weight is 520 g/mol. The lowest BCUT2D eigenvalue weighted by molar-refractivity contribution is -0.274. The summed E-state index contributed by atoms with van der Waals surface area (Å²) in [5.41, 5.74) is 5.83. The number of nitrogens with two attached hydrogens (primary N) is 1. The third-order valence-electron chi connectivity index (χ3n) is 4.72. The van der Waals surface area contributed by atoms with Gasteiger partial charge in [0.2, 0.25) is 5.91 Å². The number of carbonyl (C=O) groups is 2. The molecule has 172 valence electrons. The molecule has 2 aromatic rings. The lowest BCUT2D eigenvalue weighted by atomic mass is 10.0. The topological polar surface area (TPSA) is 94.8 Å². The zero-order valence-corrected chi connectivity index (χ0v) is 18.0. The van der Waals surface area contributed by atoms with Crippen LogP contribution < -0.4 is 15.2 Å². The summed E-state index contributed by atoms with van der Waals surface area (Å²) in [5.74, 6) is -1.47. The van der Waals surface area contributed by atoms with E-state index in [0.717, 1.165) is 12.1 Å². The zero-order valence-electron chi connectivity index (χ0n) is 16.4. The fourth-order valence-corrected chi connectivity index (χ4v) is 3.54. The molecule has 2 heterocycles. The maximum Gasteiger partial charge on any atom is 0.573 e. The van der Waals surface area contributed by atoms with E-state index in [1.165, 1.54) is 29.3 Å². The number of likely N-dealkylation sites (tertiary alicyclic amines) is 1. The number of carbonyl (C=O) groups excluding carboxylic acids is 2. The molecule has 0 saturated carbocycles. The number of piperidine rings is 1. The first-order valence-corrected chi connectivity index (χ1v) is 10.2. The van der Waals surface area contributed by atoms with Crippen LogP contribution in [-0.4, -0.2) is 53.4 Å². The van der Waals surface area contributed by atoms with Crippen LogP contribution in [0.5, 0.6) is 11.5 Å². The van der Waals surface area contributed by atoms with Crippen molar-refractivity contribution in [3.05, 3.63) is 52.3 Å². The molecule has 1 aromatic carbocycles. The van der Waals surface area contributed by atoms with Gasteiger partial charge in [0.25, 0.3) is 5.91 Å². The number of benzene rings is 1. The summed E-state index contributed by atoms with van der Waals surface area (Å²) in [6, 6.07) is 6.27. The molecule has 7 nitrogen and oxygen atoms in total. The van der Waals surface area contributed by atoms with E-state index in [0.29, 0.717) is 10.2 Å². The predicted molar refractivity (Wildman–Crippen MR) is 108 cm³/mol. The number of ether oxygens (including phenoxy) is 2. The van der Waals surface area contributed by atoms with Crippen LogP contribution in [0.1, 0.15) is 22.3 Å². The molecule has 0 bridgehead atoms. The number of primary amides is 1. The number of alkyl halides is 4. The van der Waals surface area contributed by atoms with E-state index in [4.69, 9.17) is 10.5 Å². The maximum atomic E-state index is 14.7. The van der Waals surface area contributed by atoms with Crippen LogP contribution in [0.4, 0.5) is 17.6 Å². The van der Waals surface area contributed by atoms with Crippen molar-refractivity contribution >= 4 is 27.7 Å². The van der Waals surface area contributed by atoms with Gasteiger partial charge in [-0.1, -0.05) is 12.1 Å². The largest absolute Gasteiger partial charge is 0.573 e. The molecule has 1 saturated heterocycles. The highest BCUT2D eigenvalue weighted by atomic mass is 79.9. The Labute approximate surface area is 188 Å². The Bertz CT molecular complexity index is 988. The number of hydrogen-bond donors (Lipinski definition) is 1. The molecule has 2 amide bonds. The molecular formula is C20H18BrF4N3O4. The van der Waals surface area contributed by atoms with Crippen molar-refractivity contribution in [1.82, 2.24) is 9.88 Å². The number of aromatic nitrogens is 1. The molecule has 2 atom stereocenters. The minimum Gasteiger partial charge on any atom is -0.485 e. The van der Waals surface area contributed by atoms with Crippen molar-refractivity contribution in [2.75, 3.05) is 13.1 Å². The third-order valence-corrected chi connectivity index (χ3v) is 5.16. The number of amides is 2. The summed E-state index contributed by atoms with van der Waals surface area (Å²) >= 11 is 3.12. The summed E-state index contributed by atoms with van der Waals surface area (Å²) in [6.07, 6.45) is -5.91. The van der Waals surface area contributed by atoms with E-state index < -0.39 is 30.3 Å². The Balaban J connectivity index is 1.57. The summed E-state index contributed by atoms with van der Waals surface area (Å²) in [7, 11) is 0. The Hall–Kier alpha value is -2.89. The number of pyridine rings is 1. The van der Waals surface area contributed by atoms with E-state index in [9.17, 15) is 27.2 Å². The van der Waals surface area contributed by atoms with Gasteiger partial charge in [-0.05, 0) is 39.7 Å². The van der Waals surface area contributed by atoms with Crippen LogP contribution in [0.25, 0.3) is 0 Å². The second-order valence-electron chi connectivity index (χ2n) is 7.04. The highest BCUT2D eigenvalue weighted by molar-refractivity contribution is 9.10. The Morgan fingerprint density at radius 1 is 1.25 bits per heavy atom. The van der Waals surface area contributed by atoms with E-state index in [2.05, 4.69) is 25.7 Å². The molecule has 3 rings (SSSR count). The fraction of sp³-hybridized carbons (Fsp3) is 0.350. The van der Waals surface area contributed by atoms with Gasteiger partial charge in [-0.15, -0.1) is 13.2 Å². The van der Waals surface area contributed by atoms with Gasteiger partial charge < -0.3 is 20.1 Å². The van der Waals surface area contributed by atoms with Gasteiger partial charge in [0.1, 0.15) is 16.5 Å². The minimum atomic E-state index is -4.80. The lowest BCUT2D eigenvalue weighted by Crippen LogP contribution is -2.49. The zero-order chi connectivity index (χ0) is 23.5. The van der Waals surface area contributed by atoms with Crippen LogP contribution in [0.15, 0.2) is 41.1 Å². The lowest BCUT2D eigenvalue weighted by Gasteiger charge is -2.35. The molecule has 32 heavy (non-hydrogen) atoms. The van der Waals surface area contributed by atoms with Crippen molar-refractivity contribution in [2.24, 2.45) is 5.73 Å². The van der Waals surface area contributed by atoms with Crippen LogP contribution in [0, 0.1) is 0 Å². The van der Waals surface area contributed by atoms with E-state index in [1.807, 2.05) is 0 Å². The first-order valence-electron chi connectivity index (χ1n) is 9.40. The van der Waals surface area contributed by atoms with Crippen molar-refractivity contribution in [3.8, 4) is 11.5 Å². The first-order chi connectivity index (χ1) is 15.0. The van der Waals surface area contributed by atoms with Crippen LogP contribution in [-0.2, 0) is 11.2 Å². The van der Waals surface area contributed by atoms with E-state index >= 15 is 0 Å². The molecule has 0 spiro atoms. The van der Waals surface area contributed by atoms with Gasteiger partial charge in [-0.2, -0.15) is 0 Å². The molecule has 1 unspecified atom stereocenters. The second kappa shape index (κ2) is 9.72. The van der Waals surface area contributed by atoms with E-state index in [1.54, 1.807) is 0 Å². The standard InChI is InChI=1S/C20H18BrF4N3O4/c21-17-8-13(19(26)30)16(9-27-17)31-15-5-6-28(10-14(15)22)18(29)7-11-1-3-12(4-2-11)32-20(23,24)25/h1-4,8-9,14-15H,5-7,10H2,(H2,26,30)/t14?,15-/m0/s1. The van der Waals surface area contributed by atoms with Gasteiger partial charge in [0, 0.05) is 13.0 Å². The number of rotatable bonds is 6. The molecule has 2 N–H and O–H groups in total. The van der Waals surface area contributed by atoms with Crippen molar-refractivity contribution in [2.45, 2.75) is 31.5 Å². The molecule has 12 heteroatoms. The fourth-order valence-electron chi connectivity index (χ4n) is 3.20. The number of halogens is 5. The summed E-state index contributed by atoms with van der Waals surface area (Å²) in [4.78, 5) is 29.4. The molecule has 1 aliphatic rings. The average Bonchev–Trinajstić information content (AvgIpc) is 2.70. The SMILES string of the molecule is NC(=O)c1cc(Br)ncc1O[C@H]1CCN(C(=O)Cc2ccc(OC(F)(F)F)cc2)CC1F. The van der Waals surface area contributed by atoms with Crippen molar-refractivity contribution < 1.29 is 36.6 Å². The van der Waals surface area contributed by atoms with Crippen LogP contribution in [0.2, 0.25) is 0 Å². The van der Waals surface area contributed by atoms with Gasteiger partial charge in [-0.3, -0.25) is 9.59 Å². The van der Waals surface area contributed by atoms with Crippen LogP contribution >= 0.6 is 15.9 Å². The quantitative estimate of drug-likeness (QED) is 0.466. The molecule has 1 fully saturated rings. The smallest absolute Gasteiger partial charge is 0.485 e. The van der Waals surface area contributed by atoms with Crippen LogP contribution in [0.3, 0.4) is 0 Å².